The molecule has 5 heteroatoms. The fraction of sp³-hybridized carbons (Fsp3) is 0.350. The highest BCUT2D eigenvalue weighted by Crippen LogP contribution is 2.33. The van der Waals surface area contributed by atoms with Gasteiger partial charge in [-0.3, -0.25) is 4.79 Å². The minimum Gasteiger partial charge on any atom is -0.493 e. The van der Waals surface area contributed by atoms with Crippen molar-refractivity contribution in [1.82, 2.24) is 4.90 Å². The van der Waals surface area contributed by atoms with Crippen molar-refractivity contribution in [1.29, 1.82) is 0 Å². The molecule has 0 radical (unpaired) electrons. The van der Waals surface area contributed by atoms with Gasteiger partial charge in [-0.25, -0.2) is 0 Å². The number of hydrogen-bond acceptors (Lipinski definition) is 4. The van der Waals surface area contributed by atoms with Gasteiger partial charge in [0.15, 0.2) is 11.5 Å². The summed E-state index contributed by atoms with van der Waals surface area (Å²) in [5, 5.41) is -0.187. The predicted molar refractivity (Wildman–Crippen MR) is 103 cm³/mol. The summed E-state index contributed by atoms with van der Waals surface area (Å²) in [5.74, 6) is 1.45. The van der Waals surface area contributed by atoms with Crippen LogP contribution in [0, 0.1) is 6.92 Å². The maximum Gasteiger partial charge on any atom is 0.235 e. The van der Waals surface area contributed by atoms with Crippen molar-refractivity contribution in [2.75, 3.05) is 21.3 Å². The normalized spacial score (nSPS) is 11.7. The first-order chi connectivity index (χ1) is 11.9. The monoisotopic (exact) mass is 359 g/mol. The lowest BCUT2D eigenvalue weighted by Gasteiger charge is -2.21. The molecule has 0 aliphatic heterocycles. The Kier molecular flexibility index (Phi) is 6.76. The number of thioether (sulfide) groups is 1. The molecule has 1 amide bonds. The van der Waals surface area contributed by atoms with Gasteiger partial charge in [0.25, 0.3) is 0 Å². The molecule has 2 rings (SSSR count). The first-order valence-electron chi connectivity index (χ1n) is 8.13. The van der Waals surface area contributed by atoms with Gasteiger partial charge in [-0.1, -0.05) is 29.8 Å². The van der Waals surface area contributed by atoms with Crippen LogP contribution in [0.25, 0.3) is 0 Å². The zero-order valence-corrected chi connectivity index (χ0v) is 16.2. The third kappa shape index (κ3) is 5.16. The molecule has 134 valence electrons. The molecule has 0 saturated heterocycles. The van der Waals surface area contributed by atoms with E-state index in [1.165, 1.54) is 17.3 Å². The van der Waals surface area contributed by atoms with Crippen LogP contribution in [0.2, 0.25) is 0 Å². The van der Waals surface area contributed by atoms with Crippen molar-refractivity contribution in [3.05, 3.63) is 53.6 Å². The number of methoxy groups -OCH3 is 2. The Morgan fingerprint density at radius 3 is 2.32 bits per heavy atom. The van der Waals surface area contributed by atoms with Crippen molar-refractivity contribution in [3.8, 4) is 11.5 Å². The predicted octanol–water partition coefficient (Wildman–Crippen LogP) is 4.15. The maximum absolute atomic E-state index is 12.6. The molecule has 0 unspecified atom stereocenters. The Balaban J connectivity index is 2.00. The van der Waals surface area contributed by atoms with Gasteiger partial charge in [-0.2, -0.15) is 0 Å². The van der Waals surface area contributed by atoms with E-state index in [0.717, 1.165) is 10.5 Å². The molecule has 0 N–H and O–H groups in total. The summed E-state index contributed by atoms with van der Waals surface area (Å²) >= 11 is 1.51. The van der Waals surface area contributed by atoms with E-state index in [1.54, 1.807) is 19.1 Å². The number of hydrogen-bond donors (Lipinski definition) is 0. The van der Waals surface area contributed by atoms with Crippen molar-refractivity contribution < 1.29 is 14.3 Å². The third-order valence-electron chi connectivity index (χ3n) is 3.93. The van der Waals surface area contributed by atoms with E-state index in [9.17, 15) is 4.79 Å². The molecule has 0 aliphatic rings. The number of nitrogens with zero attached hydrogens (tertiary/aromatic N) is 1. The smallest absolute Gasteiger partial charge is 0.235 e. The van der Waals surface area contributed by atoms with Crippen LogP contribution < -0.4 is 9.47 Å². The van der Waals surface area contributed by atoms with Gasteiger partial charge in [0, 0.05) is 18.5 Å². The standard InChI is InChI=1S/C20H25NO3S/c1-14-6-8-16(9-7-14)13-21(3)20(22)15(2)25-17-10-11-18(23-4)19(12-17)24-5/h6-12,15H,13H2,1-5H3/t15-/m0/s1. The van der Waals surface area contributed by atoms with E-state index in [2.05, 4.69) is 31.2 Å². The fourth-order valence-corrected chi connectivity index (χ4v) is 3.51. The van der Waals surface area contributed by atoms with Crippen molar-refractivity contribution in [2.45, 2.75) is 30.5 Å². The molecule has 0 saturated carbocycles. The maximum atomic E-state index is 12.6. The summed E-state index contributed by atoms with van der Waals surface area (Å²) in [4.78, 5) is 15.4. The summed E-state index contributed by atoms with van der Waals surface area (Å²) in [7, 11) is 5.06. The summed E-state index contributed by atoms with van der Waals surface area (Å²) in [6.07, 6.45) is 0. The van der Waals surface area contributed by atoms with Gasteiger partial charge in [0.05, 0.1) is 19.5 Å². The largest absolute Gasteiger partial charge is 0.493 e. The van der Waals surface area contributed by atoms with Crippen LogP contribution in [-0.4, -0.2) is 37.3 Å². The average molecular weight is 359 g/mol. The zero-order valence-electron chi connectivity index (χ0n) is 15.4. The SMILES string of the molecule is COc1ccc(S[C@@H](C)C(=O)N(C)Cc2ccc(C)cc2)cc1OC. The summed E-state index contributed by atoms with van der Waals surface area (Å²) in [6, 6.07) is 13.9. The lowest BCUT2D eigenvalue weighted by molar-refractivity contribution is -0.129. The summed E-state index contributed by atoms with van der Waals surface area (Å²) in [5.41, 5.74) is 2.35. The molecular formula is C20H25NO3S. The van der Waals surface area contributed by atoms with Gasteiger partial charge in [0.2, 0.25) is 5.91 Å². The van der Waals surface area contributed by atoms with E-state index < -0.39 is 0 Å². The van der Waals surface area contributed by atoms with Gasteiger partial charge in [0.1, 0.15) is 0 Å². The quantitative estimate of drug-likeness (QED) is 0.696. The number of carbonyl (C=O) groups is 1. The minimum atomic E-state index is -0.187. The molecule has 2 aromatic carbocycles. The van der Waals surface area contributed by atoms with Crippen LogP contribution in [-0.2, 0) is 11.3 Å². The number of amides is 1. The molecule has 0 bridgehead atoms. The topological polar surface area (TPSA) is 38.8 Å². The van der Waals surface area contributed by atoms with E-state index in [0.29, 0.717) is 18.0 Å². The highest BCUT2D eigenvalue weighted by molar-refractivity contribution is 8.00. The van der Waals surface area contributed by atoms with E-state index in [-0.39, 0.29) is 11.2 Å². The Hall–Kier alpha value is -2.14. The molecule has 0 fully saturated rings. The molecule has 2 aromatic rings. The van der Waals surface area contributed by atoms with Gasteiger partial charge in [-0.15, -0.1) is 11.8 Å². The van der Waals surface area contributed by atoms with Crippen LogP contribution in [0.1, 0.15) is 18.1 Å². The first kappa shape index (κ1) is 19.2. The number of ether oxygens (including phenoxy) is 2. The Morgan fingerprint density at radius 1 is 1.08 bits per heavy atom. The van der Waals surface area contributed by atoms with Crippen LogP contribution in [0.5, 0.6) is 11.5 Å². The Labute approximate surface area is 154 Å². The number of rotatable bonds is 7. The third-order valence-corrected chi connectivity index (χ3v) is 5.01. The van der Waals surface area contributed by atoms with Crippen LogP contribution in [0.15, 0.2) is 47.4 Å². The van der Waals surface area contributed by atoms with Gasteiger partial charge in [-0.05, 0) is 37.6 Å². The molecule has 4 nitrogen and oxygen atoms in total. The Morgan fingerprint density at radius 2 is 1.72 bits per heavy atom. The summed E-state index contributed by atoms with van der Waals surface area (Å²) in [6.45, 7) is 4.59. The van der Waals surface area contributed by atoms with Crippen molar-refractivity contribution in [2.24, 2.45) is 0 Å². The summed E-state index contributed by atoms with van der Waals surface area (Å²) < 4.78 is 10.6. The number of benzene rings is 2. The molecule has 0 heterocycles. The lowest BCUT2D eigenvalue weighted by atomic mass is 10.1. The van der Waals surface area contributed by atoms with Crippen molar-refractivity contribution >= 4 is 17.7 Å². The second-order valence-corrected chi connectivity index (χ2v) is 7.37. The molecule has 25 heavy (non-hydrogen) atoms. The number of aryl methyl sites for hydroxylation is 1. The van der Waals surface area contributed by atoms with Gasteiger partial charge >= 0.3 is 0 Å². The fourth-order valence-electron chi connectivity index (χ4n) is 2.50. The van der Waals surface area contributed by atoms with Gasteiger partial charge < -0.3 is 14.4 Å². The second-order valence-electron chi connectivity index (χ2n) is 5.96. The van der Waals surface area contributed by atoms with Crippen molar-refractivity contribution in [3.63, 3.8) is 0 Å². The van der Waals surface area contributed by atoms with Crippen LogP contribution in [0.4, 0.5) is 0 Å². The lowest BCUT2D eigenvalue weighted by Crippen LogP contribution is -2.32. The number of carbonyl (C=O) groups excluding carboxylic acids is 1. The molecule has 0 aliphatic carbocycles. The van der Waals surface area contributed by atoms with E-state index >= 15 is 0 Å². The average Bonchev–Trinajstić information content (AvgIpc) is 2.62. The Bertz CT molecular complexity index is 715. The molecule has 0 spiro atoms. The molecule has 0 aromatic heterocycles. The molecule has 1 atom stereocenters. The van der Waals surface area contributed by atoms with E-state index in [4.69, 9.17) is 9.47 Å². The molecular weight excluding hydrogens is 334 g/mol. The highest BCUT2D eigenvalue weighted by atomic mass is 32.2. The second kappa shape index (κ2) is 8.81. The van der Waals surface area contributed by atoms with Crippen LogP contribution >= 0.6 is 11.8 Å². The zero-order chi connectivity index (χ0) is 18.4. The van der Waals surface area contributed by atoms with E-state index in [1.807, 2.05) is 32.2 Å². The first-order valence-corrected chi connectivity index (χ1v) is 9.01. The van der Waals surface area contributed by atoms with Crippen LogP contribution in [0.3, 0.4) is 0 Å². The minimum absolute atomic E-state index is 0.0976. The highest BCUT2D eigenvalue weighted by Gasteiger charge is 2.19.